The lowest BCUT2D eigenvalue weighted by atomic mass is 9.89. The summed E-state index contributed by atoms with van der Waals surface area (Å²) >= 11 is 5.93. The zero-order valence-corrected chi connectivity index (χ0v) is 13.1. The highest BCUT2D eigenvalue weighted by molar-refractivity contribution is 7.91. The summed E-state index contributed by atoms with van der Waals surface area (Å²) in [6, 6.07) is -0.509. The van der Waals surface area contributed by atoms with Crippen LogP contribution in [0.4, 0.5) is 0 Å². The molecule has 2 saturated heterocycles. The predicted octanol–water partition coefficient (Wildman–Crippen LogP) is -0.646. The van der Waals surface area contributed by atoms with Gasteiger partial charge in [0.1, 0.15) is 0 Å². The molecule has 0 aromatic heterocycles. The Balaban J connectivity index is 1.75. The number of carbonyl (C=O) groups is 1. The Kier molecular flexibility index (Phi) is 4.63. The summed E-state index contributed by atoms with van der Waals surface area (Å²) in [5, 5.41) is 12.1. The van der Waals surface area contributed by atoms with Gasteiger partial charge in [0.25, 0.3) is 0 Å². The van der Waals surface area contributed by atoms with Crippen molar-refractivity contribution in [3.05, 3.63) is 0 Å². The van der Waals surface area contributed by atoms with E-state index in [-0.39, 0.29) is 24.0 Å². The largest absolute Gasteiger partial charge is 0.387 e. The Hall–Kier alpha value is -0.370. The lowest BCUT2D eigenvalue weighted by Crippen LogP contribution is -2.63. The maximum absolute atomic E-state index is 11.8. The van der Waals surface area contributed by atoms with Crippen LogP contribution in [0.1, 0.15) is 19.8 Å². The van der Waals surface area contributed by atoms with Crippen LogP contribution in [0, 0.1) is 0 Å². The second-order valence-corrected chi connectivity index (χ2v) is 8.60. The van der Waals surface area contributed by atoms with Gasteiger partial charge >= 0.3 is 0 Å². The van der Waals surface area contributed by atoms with Gasteiger partial charge in [0.05, 0.1) is 35.1 Å². The van der Waals surface area contributed by atoms with E-state index in [0.29, 0.717) is 13.1 Å². The molecule has 0 spiro atoms. The third-order valence-corrected chi connectivity index (χ3v) is 6.12. The van der Waals surface area contributed by atoms with E-state index in [4.69, 9.17) is 11.6 Å². The van der Waals surface area contributed by atoms with Crippen LogP contribution in [0.15, 0.2) is 0 Å². The molecule has 2 fully saturated rings. The molecular weight excluding hydrogens is 304 g/mol. The Labute approximate surface area is 124 Å². The van der Waals surface area contributed by atoms with Crippen LogP contribution < -0.4 is 5.32 Å². The molecule has 2 atom stereocenters. The van der Waals surface area contributed by atoms with Gasteiger partial charge in [-0.1, -0.05) is 13.3 Å². The Morgan fingerprint density at radius 2 is 2.10 bits per heavy atom. The van der Waals surface area contributed by atoms with E-state index in [1.165, 1.54) is 0 Å². The van der Waals surface area contributed by atoms with Gasteiger partial charge in [-0.05, 0) is 6.42 Å². The first-order valence-electron chi connectivity index (χ1n) is 6.82. The average molecular weight is 325 g/mol. The summed E-state index contributed by atoms with van der Waals surface area (Å²) in [6.45, 7) is 3.16. The van der Waals surface area contributed by atoms with Gasteiger partial charge < -0.3 is 10.4 Å². The third kappa shape index (κ3) is 3.84. The Bertz CT molecular complexity index is 476. The van der Waals surface area contributed by atoms with E-state index in [1.807, 2.05) is 11.8 Å². The first-order valence-corrected chi connectivity index (χ1v) is 9.07. The fraction of sp³-hybridized carbons (Fsp3) is 0.917. The van der Waals surface area contributed by atoms with Crippen molar-refractivity contribution in [3.8, 4) is 0 Å². The molecule has 2 heterocycles. The molecule has 0 radical (unpaired) electrons. The monoisotopic (exact) mass is 324 g/mol. The van der Waals surface area contributed by atoms with Crippen molar-refractivity contribution in [2.75, 3.05) is 31.1 Å². The normalized spacial score (nSPS) is 31.8. The van der Waals surface area contributed by atoms with Crippen LogP contribution >= 0.6 is 11.6 Å². The summed E-state index contributed by atoms with van der Waals surface area (Å²) in [4.78, 5) is 13.7. The van der Waals surface area contributed by atoms with E-state index in [1.54, 1.807) is 0 Å². The molecule has 116 valence electrons. The standard InChI is InChI=1S/C12H21ClN2O4S/c1-2-3-12(17)7-15(8-12)4-11(16)14-10-6-20(18,19)5-9(10)13/h9-10,17H,2-8H2,1H3,(H,14,16). The van der Waals surface area contributed by atoms with Crippen LogP contribution in [0.2, 0.25) is 0 Å². The third-order valence-electron chi connectivity index (χ3n) is 3.75. The fourth-order valence-electron chi connectivity index (χ4n) is 2.91. The summed E-state index contributed by atoms with van der Waals surface area (Å²) < 4.78 is 22.8. The Morgan fingerprint density at radius 1 is 1.45 bits per heavy atom. The van der Waals surface area contributed by atoms with Gasteiger partial charge in [0, 0.05) is 13.1 Å². The first kappa shape index (κ1) is 16.0. The molecule has 2 aliphatic heterocycles. The van der Waals surface area contributed by atoms with Crippen molar-refractivity contribution >= 4 is 27.3 Å². The molecule has 2 rings (SSSR count). The van der Waals surface area contributed by atoms with Gasteiger partial charge in [0.2, 0.25) is 5.91 Å². The molecule has 0 aromatic rings. The van der Waals surface area contributed by atoms with Gasteiger partial charge in [0.15, 0.2) is 9.84 Å². The molecule has 2 unspecified atom stereocenters. The van der Waals surface area contributed by atoms with Gasteiger partial charge in [-0.15, -0.1) is 11.6 Å². The van der Waals surface area contributed by atoms with E-state index >= 15 is 0 Å². The maximum atomic E-state index is 11.8. The predicted molar refractivity (Wildman–Crippen MR) is 76.5 cm³/mol. The van der Waals surface area contributed by atoms with Crippen LogP contribution in [0.3, 0.4) is 0 Å². The average Bonchev–Trinajstić information content (AvgIpc) is 2.49. The SMILES string of the molecule is CCCC1(O)CN(CC(=O)NC2CS(=O)(=O)CC2Cl)C1. The molecule has 2 aliphatic rings. The molecule has 0 saturated carbocycles. The zero-order valence-electron chi connectivity index (χ0n) is 11.5. The van der Waals surface area contributed by atoms with Crippen LogP contribution in [0.25, 0.3) is 0 Å². The smallest absolute Gasteiger partial charge is 0.234 e. The molecule has 6 nitrogen and oxygen atoms in total. The number of hydrogen-bond acceptors (Lipinski definition) is 5. The topological polar surface area (TPSA) is 86.7 Å². The number of sulfone groups is 1. The van der Waals surface area contributed by atoms with Crippen LogP contribution in [-0.4, -0.2) is 72.5 Å². The summed E-state index contributed by atoms with van der Waals surface area (Å²) in [6.07, 6.45) is 1.64. The number of amides is 1. The number of hydrogen-bond donors (Lipinski definition) is 2. The number of β-amino-alcohol motifs (C(OH)–C–C–N with tert-alkyl or cyclic N) is 1. The van der Waals surface area contributed by atoms with Crippen molar-refractivity contribution in [2.45, 2.75) is 36.8 Å². The number of carbonyl (C=O) groups excluding carboxylic acids is 1. The highest BCUT2D eigenvalue weighted by Crippen LogP contribution is 2.25. The second-order valence-electron chi connectivity index (χ2n) is 5.89. The number of nitrogens with one attached hydrogen (secondary N) is 1. The fourth-order valence-corrected chi connectivity index (χ4v) is 5.46. The minimum absolute atomic E-state index is 0.0839. The maximum Gasteiger partial charge on any atom is 0.234 e. The summed E-state index contributed by atoms with van der Waals surface area (Å²) in [5.41, 5.74) is -0.666. The number of alkyl halides is 1. The zero-order chi connectivity index (χ0) is 15.0. The van der Waals surface area contributed by atoms with Gasteiger partial charge in [-0.25, -0.2) is 8.42 Å². The lowest BCUT2D eigenvalue weighted by Gasteiger charge is -2.46. The van der Waals surface area contributed by atoms with E-state index in [0.717, 1.165) is 12.8 Å². The summed E-state index contributed by atoms with van der Waals surface area (Å²) in [7, 11) is -3.14. The molecule has 0 aromatic carbocycles. The molecule has 0 bridgehead atoms. The number of aliphatic hydroxyl groups is 1. The quantitative estimate of drug-likeness (QED) is 0.657. The lowest BCUT2D eigenvalue weighted by molar-refractivity contribution is -0.134. The van der Waals surface area contributed by atoms with Gasteiger partial charge in [-0.2, -0.15) is 0 Å². The molecular formula is C12H21ClN2O4S. The highest BCUT2D eigenvalue weighted by Gasteiger charge is 2.42. The number of nitrogens with zero attached hydrogens (tertiary/aromatic N) is 1. The van der Waals surface area contributed by atoms with Crippen molar-refractivity contribution in [1.29, 1.82) is 0 Å². The molecule has 8 heteroatoms. The van der Waals surface area contributed by atoms with E-state index in [9.17, 15) is 18.3 Å². The minimum Gasteiger partial charge on any atom is -0.387 e. The van der Waals surface area contributed by atoms with Crippen LogP contribution in [0.5, 0.6) is 0 Å². The molecule has 20 heavy (non-hydrogen) atoms. The van der Waals surface area contributed by atoms with Crippen molar-refractivity contribution < 1.29 is 18.3 Å². The van der Waals surface area contributed by atoms with Crippen LogP contribution in [-0.2, 0) is 14.6 Å². The highest BCUT2D eigenvalue weighted by atomic mass is 35.5. The number of likely N-dealkylation sites (tertiary alicyclic amines) is 1. The first-order chi connectivity index (χ1) is 9.23. The molecule has 2 N–H and O–H groups in total. The second kappa shape index (κ2) is 5.79. The molecule has 0 aliphatic carbocycles. The van der Waals surface area contributed by atoms with Crippen molar-refractivity contribution in [3.63, 3.8) is 0 Å². The number of halogens is 1. The Morgan fingerprint density at radius 3 is 2.60 bits per heavy atom. The molecule has 1 amide bonds. The van der Waals surface area contributed by atoms with Crippen molar-refractivity contribution in [1.82, 2.24) is 10.2 Å². The van der Waals surface area contributed by atoms with Crippen molar-refractivity contribution in [2.24, 2.45) is 0 Å². The van der Waals surface area contributed by atoms with E-state index in [2.05, 4.69) is 5.32 Å². The number of rotatable bonds is 5. The van der Waals surface area contributed by atoms with Gasteiger partial charge in [-0.3, -0.25) is 9.69 Å². The van der Waals surface area contributed by atoms with E-state index < -0.39 is 26.9 Å². The summed E-state index contributed by atoms with van der Waals surface area (Å²) in [5.74, 6) is -0.414. The minimum atomic E-state index is -3.14.